The molecule has 0 aromatic heterocycles. The molecular weight excluding hydrogens is 352 g/mol. The molecule has 0 heterocycles. The van der Waals surface area contributed by atoms with Crippen molar-refractivity contribution in [1.82, 2.24) is 0 Å². The first-order chi connectivity index (χ1) is 11.4. The van der Waals surface area contributed by atoms with Gasteiger partial charge in [0.05, 0.1) is 12.7 Å². The first-order valence-electron chi connectivity index (χ1n) is 7.83. The van der Waals surface area contributed by atoms with Crippen LogP contribution in [0.1, 0.15) is 20.3 Å². The van der Waals surface area contributed by atoms with Crippen molar-refractivity contribution < 1.29 is 36.0 Å². The van der Waals surface area contributed by atoms with Gasteiger partial charge in [-0.25, -0.2) is 0 Å². The lowest BCUT2D eigenvalue weighted by atomic mass is 10.3. The van der Waals surface area contributed by atoms with Crippen LogP contribution in [0.25, 0.3) is 0 Å². The van der Waals surface area contributed by atoms with Gasteiger partial charge in [-0.15, -0.1) is 0 Å². The van der Waals surface area contributed by atoms with Gasteiger partial charge in [-0.2, -0.15) is 0 Å². The maximum atomic E-state index is 5.48. The maximum absolute atomic E-state index is 5.48. The number of methoxy groups -OCH3 is 1. The van der Waals surface area contributed by atoms with Crippen molar-refractivity contribution in [2.75, 3.05) is 62.6 Å². The molecule has 0 spiro atoms. The van der Waals surface area contributed by atoms with Crippen LogP contribution in [0.2, 0.25) is 6.04 Å². The molecule has 10 heteroatoms. The van der Waals surface area contributed by atoms with E-state index in [1.54, 1.807) is 49.8 Å². The third-order valence-electron chi connectivity index (χ3n) is 3.67. The predicted molar refractivity (Wildman–Crippen MR) is 96.0 cm³/mol. The van der Waals surface area contributed by atoms with Crippen molar-refractivity contribution >= 4 is 17.6 Å². The molecule has 24 heavy (non-hydrogen) atoms. The van der Waals surface area contributed by atoms with Crippen LogP contribution in [-0.2, 0) is 36.0 Å². The zero-order chi connectivity index (χ0) is 19.1. The van der Waals surface area contributed by atoms with Gasteiger partial charge in [-0.3, -0.25) is 0 Å². The van der Waals surface area contributed by atoms with Crippen molar-refractivity contribution in [1.29, 1.82) is 0 Å². The summed E-state index contributed by atoms with van der Waals surface area (Å²) in [7, 11) is 6.43. The molecule has 0 bridgehead atoms. The molecule has 0 aliphatic carbocycles. The summed E-state index contributed by atoms with van der Waals surface area (Å²) in [5.41, 5.74) is 0. The molecule has 0 aliphatic rings. The normalized spacial score (nSPS) is 13.4. The SMILES string of the molecule is CCC(COC[Si](OC)(OC)OC)OC.CC[Si](OC)(OC)OC. The average Bonchev–Trinajstić information content (AvgIpc) is 2.65. The third-order valence-corrected chi connectivity index (χ3v) is 8.83. The number of rotatable bonds is 13. The Morgan fingerprint density at radius 3 is 1.29 bits per heavy atom. The second-order valence-electron chi connectivity index (χ2n) is 4.73. The van der Waals surface area contributed by atoms with Gasteiger partial charge in [0.2, 0.25) is 0 Å². The monoisotopic (exact) mass is 388 g/mol. The van der Waals surface area contributed by atoms with E-state index in [-0.39, 0.29) is 6.10 Å². The smallest absolute Gasteiger partial charge is 0.379 e. The van der Waals surface area contributed by atoms with Gasteiger partial charge in [0.15, 0.2) is 0 Å². The summed E-state index contributed by atoms with van der Waals surface area (Å²) in [4.78, 5) is 0. The van der Waals surface area contributed by atoms with Crippen LogP contribution in [0.5, 0.6) is 0 Å². The fraction of sp³-hybridized carbons (Fsp3) is 1.00. The lowest BCUT2D eigenvalue weighted by Crippen LogP contribution is -2.48. The van der Waals surface area contributed by atoms with Crippen LogP contribution in [0, 0.1) is 0 Å². The summed E-state index contributed by atoms with van der Waals surface area (Å²) >= 11 is 0. The second-order valence-corrected chi connectivity index (χ2v) is 10.9. The topological polar surface area (TPSA) is 73.8 Å². The quantitative estimate of drug-likeness (QED) is 0.442. The minimum atomic E-state index is -2.59. The van der Waals surface area contributed by atoms with Gasteiger partial charge in [0.25, 0.3) is 0 Å². The van der Waals surface area contributed by atoms with Crippen LogP contribution < -0.4 is 0 Å². The molecule has 0 rings (SSSR count). The van der Waals surface area contributed by atoms with E-state index in [9.17, 15) is 0 Å². The molecule has 8 nitrogen and oxygen atoms in total. The van der Waals surface area contributed by atoms with Crippen molar-refractivity contribution in [3.63, 3.8) is 0 Å². The van der Waals surface area contributed by atoms with Gasteiger partial charge in [-0.05, 0) is 6.42 Å². The molecule has 0 saturated carbocycles. The molecule has 1 atom stereocenters. The second kappa shape index (κ2) is 15.4. The van der Waals surface area contributed by atoms with E-state index in [2.05, 4.69) is 0 Å². The highest BCUT2D eigenvalue weighted by Gasteiger charge is 2.38. The van der Waals surface area contributed by atoms with Crippen LogP contribution >= 0.6 is 0 Å². The molecule has 1 unspecified atom stereocenters. The van der Waals surface area contributed by atoms with Crippen LogP contribution in [0.15, 0.2) is 0 Å². The lowest BCUT2D eigenvalue weighted by molar-refractivity contribution is -0.00129. The van der Waals surface area contributed by atoms with Crippen molar-refractivity contribution in [3.05, 3.63) is 0 Å². The van der Waals surface area contributed by atoms with E-state index in [4.69, 9.17) is 36.0 Å². The molecule has 0 fully saturated rings. The molecule has 0 radical (unpaired) electrons. The standard InChI is InChI=1S/C9H22O5Si.C5H14O3Si/c1-6-9(10-2)7-14-8-15(11-3,12-4)13-5;1-5-9(6-2,7-3)8-4/h9H,6-8H2,1-5H3;5H2,1-4H3. The Morgan fingerprint density at radius 1 is 0.667 bits per heavy atom. The highest BCUT2D eigenvalue weighted by atomic mass is 28.4. The van der Waals surface area contributed by atoms with E-state index in [0.29, 0.717) is 12.8 Å². The highest BCUT2D eigenvalue weighted by Crippen LogP contribution is 2.10. The maximum Gasteiger partial charge on any atom is 0.527 e. The van der Waals surface area contributed by atoms with E-state index < -0.39 is 17.6 Å². The van der Waals surface area contributed by atoms with E-state index in [1.807, 2.05) is 13.8 Å². The molecule has 0 amide bonds. The van der Waals surface area contributed by atoms with Crippen LogP contribution in [-0.4, -0.2) is 86.3 Å². The van der Waals surface area contributed by atoms with Crippen molar-refractivity contribution in [2.45, 2.75) is 32.4 Å². The summed E-state index contributed by atoms with van der Waals surface area (Å²) in [5, 5.41) is 0. The predicted octanol–water partition coefficient (Wildman–Crippen LogP) is 1.73. The Hall–Kier alpha value is 0.114. The molecule has 0 N–H and O–H groups in total. The minimum Gasteiger partial charge on any atom is -0.379 e. The molecule has 0 saturated heterocycles. The van der Waals surface area contributed by atoms with Crippen molar-refractivity contribution in [3.8, 4) is 0 Å². The first kappa shape index (κ1) is 26.3. The van der Waals surface area contributed by atoms with Gasteiger partial charge >= 0.3 is 17.6 Å². The summed E-state index contributed by atoms with van der Waals surface area (Å²) in [5.74, 6) is 0. The highest BCUT2D eigenvalue weighted by molar-refractivity contribution is 6.60. The molecule has 148 valence electrons. The third kappa shape index (κ3) is 9.56. The largest absolute Gasteiger partial charge is 0.527 e. The molecule has 0 aromatic rings. The number of hydrogen-bond acceptors (Lipinski definition) is 8. The Kier molecular flexibility index (Phi) is 16.9. The van der Waals surface area contributed by atoms with Crippen LogP contribution in [0.3, 0.4) is 0 Å². The minimum absolute atomic E-state index is 0.113. The lowest BCUT2D eigenvalue weighted by Gasteiger charge is -2.24. The summed E-state index contributed by atoms with van der Waals surface area (Å²) in [6.45, 7) is 4.56. The average molecular weight is 389 g/mol. The fourth-order valence-corrected chi connectivity index (χ4v) is 4.37. The van der Waals surface area contributed by atoms with E-state index >= 15 is 0 Å². The number of ether oxygens (including phenoxy) is 2. The van der Waals surface area contributed by atoms with Gasteiger partial charge in [-0.1, -0.05) is 13.8 Å². The Bertz CT molecular complexity index is 246. The summed E-state index contributed by atoms with van der Waals surface area (Å²) in [6, 6.07) is 0.816. The molecular formula is C14H36O8Si2. The van der Waals surface area contributed by atoms with Crippen molar-refractivity contribution in [2.24, 2.45) is 0 Å². The Labute approximate surface area is 149 Å². The zero-order valence-electron chi connectivity index (χ0n) is 16.7. The van der Waals surface area contributed by atoms with Gasteiger partial charge in [0.1, 0.15) is 6.23 Å². The summed E-state index contributed by atoms with van der Waals surface area (Å²) < 4.78 is 41.5. The van der Waals surface area contributed by atoms with Gasteiger partial charge < -0.3 is 36.0 Å². The molecule has 0 aliphatic heterocycles. The zero-order valence-corrected chi connectivity index (χ0v) is 18.7. The van der Waals surface area contributed by atoms with E-state index in [0.717, 1.165) is 12.5 Å². The van der Waals surface area contributed by atoms with Gasteiger partial charge in [0, 0.05) is 55.8 Å². The number of hydrogen-bond donors (Lipinski definition) is 0. The molecule has 0 aromatic carbocycles. The van der Waals surface area contributed by atoms with E-state index in [1.165, 1.54) is 0 Å². The van der Waals surface area contributed by atoms with Crippen LogP contribution in [0.4, 0.5) is 0 Å². The Balaban J connectivity index is 0. The summed E-state index contributed by atoms with van der Waals surface area (Å²) in [6.07, 6.45) is 1.37. The fourth-order valence-electron chi connectivity index (χ4n) is 1.78. The Morgan fingerprint density at radius 2 is 1.08 bits per heavy atom. The first-order valence-corrected chi connectivity index (χ1v) is 11.7.